The summed E-state index contributed by atoms with van der Waals surface area (Å²) in [6, 6.07) is 18.1. The Labute approximate surface area is 180 Å². The van der Waals surface area contributed by atoms with E-state index in [1.165, 1.54) is 11.8 Å². The van der Waals surface area contributed by atoms with Gasteiger partial charge in [0.2, 0.25) is 11.8 Å². The van der Waals surface area contributed by atoms with Gasteiger partial charge in [0.15, 0.2) is 11.0 Å². The van der Waals surface area contributed by atoms with E-state index >= 15 is 0 Å². The molecule has 1 heterocycles. The predicted molar refractivity (Wildman–Crippen MR) is 118 cm³/mol. The molecule has 156 valence electrons. The van der Waals surface area contributed by atoms with Crippen molar-refractivity contribution in [3.63, 3.8) is 0 Å². The average molecular weight is 424 g/mol. The molecule has 0 saturated heterocycles. The molecule has 30 heavy (non-hydrogen) atoms. The monoisotopic (exact) mass is 423 g/mol. The van der Waals surface area contributed by atoms with Crippen LogP contribution in [0.5, 0.6) is 0 Å². The third-order valence-electron chi connectivity index (χ3n) is 4.78. The number of amides is 2. The summed E-state index contributed by atoms with van der Waals surface area (Å²) in [5.41, 5.74) is 7.11. The topological polar surface area (TPSA) is 103 Å². The van der Waals surface area contributed by atoms with Crippen molar-refractivity contribution in [2.75, 3.05) is 5.75 Å². The number of aromatic nitrogens is 3. The highest BCUT2D eigenvalue weighted by Gasteiger charge is 2.22. The van der Waals surface area contributed by atoms with Gasteiger partial charge in [0.05, 0.1) is 5.75 Å². The van der Waals surface area contributed by atoms with Gasteiger partial charge >= 0.3 is 0 Å². The third-order valence-corrected chi connectivity index (χ3v) is 5.73. The van der Waals surface area contributed by atoms with Crippen LogP contribution in [0.15, 0.2) is 65.8 Å². The standard InChI is InChI=1S/C22H25N5O2S/c1-3-15(2)27-21(17-12-8-5-9-13-17)25-26-22(27)30-14-18(28)24-19(20(23)29)16-10-6-4-7-11-16/h4-13,15,19H,3,14H2,1-2H3,(H2,23,29)(H,24,28). The van der Waals surface area contributed by atoms with Gasteiger partial charge < -0.3 is 11.1 Å². The van der Waals surface area contributed by atoms with Crippen LogP contribution in [0.1, 0.15) is 37.9 Å². The Hall–Kier alpha value is -3.13. The van der Waals surface area contributed by atoms with Crippen molar-refractivity contribution in [3.05, 3.63) is 66.2 Å². The summed E-state index contributed by atoms with van der Waals surface area (Å²) in [5.74, 6) is -0.0339. The van der Waals surface area contributed by atoms with Crippen LogP contribution in [-0.2, 0) is 9.59 Å². The van der Waals surface area contributed by atoms with Crippen LogP contribution in [0, 0.1) is 0 Å². The zero-order valence-corrected chi connectivity index (χ0v) is 17.8. The summed E-state index contributed by atoms with van der Waals surface area (Å²) in [6.45, 7) is 4.19. The molecule has 0 fully saturated rings. The summed E-state index contributed by atoms with van der Waals surface area (Å²) in [6.07, 6.45) is 0.898. The minimum atomic E-state index is -0.869. The molecule has 2 amide bonds. The normalized spacial score (nSPS) is 12.9. The van der Waals surface area contributed by atoms with Gasteiger partial charge in [-0.15, -0.1) is 10.2 Å². The zero-order chi connectivity index (χ0) is 21.5. The summed E-state index contributed by atoms with van der Waals surface area (Å²) >= 11 is 1.29. The number of primary amides is 1. The molecule has 0 radical (unpaired) electrons. The van der Waals surface area contributed by atoms with E-state index in [0.29, 0.717) is 10.7 Å². The molecule has 2 unspecified atom stereocenters. The summed E-state index contributed by atoms with van der Waals surface area (Å²) in [7, 11) is 0. The Morgan fingerprint density at radius 2 is 1.70 bits per heavy atom. The minimum Gasteiger partial charge on any atom is -0.368 e. The first-order chi connectivity index (χ1) is 14.5. The van der Waals surface area contributed by atoms with Gasteiger partial charge in [-0.2, -0.15) is 0 Å². The first-order valence-corrected chi connectivity index (χ1v) is 10.8. The lowest BCUT2D eigenvalue weighted by Crippen LogP contribution is -2.38. The number of rotatable bonds is 9. The van der Waals surface area contributed by atoms with E-state index in [1.54, 1.807) is 24.3 Å². The van der Waals surface area contributed by atoms with Gasteiger partial charge in [0, 0.05) is 11.6 Å². The second kappa shape index (κ2) is 10.1. The second-order valence-electron chi connectivity index (χ2n) is 6.90. The van der Waals surface area contributed by atoms with Crippen molar-refractivity contribution >= 4 is 23.6 Å². The molecule has 0 aliphatic heterocycles. The molecule has 7 nitrogen and oxygen atoms in total. The number of carbonyl (C=O) groups is 2. The fourth-order valence-electron chi connectivity index (χ4n) is 3.04. The van der Waals surface area contributed by atoms with Crippen molar-refractivity contribution in [1.82, 2.24) is 20.1 Å². The van der Waals surface area contributed by atoms with Crippen molar-refractivity contribution in [2.24, 2.45) is 5.73 Å². The van der Waals surface area contributed by atoms with E-state index in [1.807, 2.05) is 36.4 Å². The molecule has 2 aromatic carbocycles. The van der Waals surface area contributed by atoms with E-state index in [-0.39, 0.29) is 17.7 Å². The van der Waals surface area contributed by atoms with Gasteiger partial charge in [0.1, 0.15) is 6.04 Å². The lowest BCUT2D eigenvalue weighted by molar-refractivity contribution is -0.126. The molecule has 0 aliphatic carbocycles. The lowest BCUT2D eigenvalue weighted by atomic mass is 10.1. The first-order valence-electron chi connectivity index (χ1n) is 9.78. The SMILES string of the molecule is CCC(C)n1c(SCC(=O)NC(C(N)=O)c2ccccc2)nnc1-c1ccccc1. The number of thioether (sulfide) groups is 1. The van der Waals surface area contributed by atoms with E-state index in [9.17, 15) is 9.59 Å². The fourth-order valence-corrected chi connectivity index (χ4v) is 3.88. The molecular formula is C22H25N5O2S. The number of nitrogens with two attached hydrogens (primary N) is 1. The fraction of sp³-hybridized carbons (Fsp3) is 0.273. The predicted octanol–water partition coefficient (Wildman–Crippen LogP) is 3.35. The second-order valence-corrected chi connectivity index (χ2v) is 7.84. The van der Waals surface area contributed by atoms with Gasteiger partial charge in [-0.3, -0.25) is 14.2 Å². The molecule has 0 saturated carbocycles. The van der Waals surface area contributed by atoms with Crippen molar-refractivity contribution < 1.29 is 9.59 Å². The highest BCUT2D eigenvalue weighted by atomic mass is 32.2. The summed E-state index contributed by atoms with van der Waals surface area (Å²) in [5, 5.41) is 12.0. The zero-order valence-electron chi connectivity index (χ0n) is 17.0. The Kier molecular flexibility index (Phi) is 7.24. The summed E-state index contributed by atoms with van der Waals surface area (Å²) in [4.78, 5) is 24.4. The smallest absolute Gasteiger partial charge is 0.244 e. The van der Waals surface area contributed by atoms with E-state index in [0.717, 1.165) is 17.8 Å². The number of benzene rings is 2. The molecule has 0 spiro atoms. The Morgan fingerprint density at radius 1 is 1.07 bits per heavy atom. The molecule has 0 bridgehead atoms. The van der Waals surface area contributed by atoms with Gasteiger partial charge in [-0.1, -0.05) is 79.3 Å². The van der Waals surface area contributed by atoms with Crippen LogP contribution in [0.3, 0.4) is 0 Å². The van der Waals surface area contributed by atoms with E-state index in [4.69, 9.17) is 5.73 Å². The maximum absolute atomic E-state index is 12.5. The number of hydrogen-bond donors (Lipinski definition) is 2. The maximum Gasteiger partial charge on any atom is 0.244 e. The number of carbonyl (C=O) groups excluding carboxylic acids is 2. The van der Waals surface area contributed by atoms with Gasteiger partial charge in [0.25, 0.3) is 0 Å². The van der Waals surface area contributed by atoms with Crippen molar-refractivity contribution in [1.29, 1.82) is 0 Å². The van der Waals surface area contributed by atoms with E-state index < -0.39 is 11.9 Å². The Balaban J connectivity index is 1.74. The quantitative estimate of drug-likeness (QED) is 0.514. The van der Waals surface area contributed by atoms with E-state index in [2.05, 4.69) is 33.9 Å². The molecule has 1 aromatic heterocycles. The lowest BCUT2D eigenvalue weighted by Gasteiger charge is -2.17. The average Bonchev–Trinajstić information content (AvgIpc) is 3.20. The molecular weight excluding hydrogens is 398 g/mol. The van der Waals surface area contributed by atoms with Crippen LogP contribution in [-0.4, -0.2) is 32.3 Å². The minimum absolute atomic E-state index is 0.0972. The van der Waals surface area contributed by atoms with Gasteiger partial charge in [-0.05, 0) is 18.9 Å². The van der Waals surface area contributed by atoms with Crippen molar-refractivity contribution in [2.45, 2.75) is 37.5 Å². The third kappa shape index (κ3) is 5.07. The first kappa shape index (κ1) is 21.6. The van der Waals surface area contributed by atoms with Gasteiger partial charge in [-0.25, -0.2) is 0 Å². The van der Waals surface area contributed by atoms with Crippen LogP contribution >= 0.6 is 11.8 Å². The molecule has 2 atom stereocenters. The van der Waals surface area contributed by atoms with Crippen LogP contribution in [0.25, 0.3) is 11.4 Å². The number of hydrogen-bond acceptors (Lipinski definition) is 5. The number of nitrogens with zero attached hydrogens (tertiary/aromatic N) is 3. The molecule has 0 aliphatic rings. The highest BCUT2D eigenvalue weighted by molar-refractivity contribution is 7.99. The van der Waals surface area contributed by atoms with Crippen LogP contribution in [0.4, 0.5) is 0 Å². The van der Waals surface area contributed by atoms with Crippen molar-refractivity contribution in [3.8, 4) is 11.4 Å². The molecule has 3 rings (SSSR count). The Bertz CT molecular complexity index is 991. The summed E-state index contributed by atoms with van der Waals surface area (Å²) < 4.78 is 2.05. The Morgan fingerprint density at radius 3 is 2.30 bits per heavy atom. The largest absolute Gasteiger partial charge is 0.368 e. The van der Waals surface area contributed by atoms with Crippen LogP contribution in [0.2, 0.25) is 0 Å². The molecule has 3 aromatic rings. The highest BCUT2D eigenvalue weighted by Crippen LogP contribution is 2.29. The number of nitrogens with one attached hydrogen (secondary N) is 1. The maximum atomic E-state index is 12.5. The molecule has 3 N–H and O–H groups in total. The molecule has 8 heteroatoms. The van der Waals surface area contributed by atoms with Crippen LogP contribution < -0.4 is 11.1 Å².